The predicted octanol–water partition coefficient (Wildman–Crippen LogP) is 2.44. The van der Waals surface area contributed by atoms with Gasteiger partial charge < -0.3 is 15.5 Å². The third-order valence-corrected chi connectivity index (χ3v) is 3.20. The van der Waals surface area contributed by atoms with E-state index in [2.05, 4.69) is 20.5 Å². The second-order valence-corrected chi connectivity index (χ2v) is 4.78. The van der Waals surface area contributed by atoms with Crippen LogP contribution in [0, 0.1) is 0 Å². The highest BCUT2D eigenvalue weighted by Gasteiger charge is 2.10. The van der Waals surface area contributed by atoms with Crippen LogP contribution in [0.2, 0.25) is 0 Å². The maximum atomic E-state index is 5.65. The lowest BCUT2D eigenvalue weighted by molar-refractivity contribution is 0.475. The smallest absolute Gasteiger partial charge is 0.320 e. The first-order valence-electron chi connectivity index (χ1n) is 5.41. The van der Waals surface area contributed by atoms with Gasteiger partial charge >= 0.3 is 6.01 Å². The fraction of sp³-hybridized carbons (Fsp3) is 0.182. The minimum atomic E-state index is -0.267. The van der Waals surface area contributed by atoms with E-state index in [0.29, 0.717) is 11.9 Å². The number of anilines is 2. The Hall–Kier alpha value is -1.99. The first kappa shape index (κ1) is 11.1. The first-order chi connectivity index (χ1) is 8.72. The Morgan fingerprint density at radius 3 is 3.06 bits per heavy atom. The van der Waals surface area contributed by atoms with Gasteiger partial charge in [-0.25, -0.2) is 4.98 Å². The summed E-state index contributed by atoms with van der Waals surface area (Å²) in [5.41, 5.74) is 9.33. The molecule has 92 valence electrons. The maximum absolute atomic E-state index is 5.65. The molecule has 1 aromatic carbocycles. The number of nitrogens with one attached hydrogen (secondary N) is 1. The summed E-state index contributed by atoms with van der Waals surface area (Å²) in [5.74, 6) is 0.413. The van der Waals surface area contributed by atoms with Crippen LogP contribution in [-0.4, -0.2) is 15.2 Å². The number of rotatable bonds is 3. The molecule has 0 fully saturated rings. The highest BCUT2D eigenvalue weighted by molar-refractivity contribution is 7.16. The minimum absolute atomic E-state index is 0.267. The van der Waals surface area contributed by atoms with Crippen molar-refractivity contribution in [3.63, 3.8) is 0 Å². The zero-order valence-electron chi connectivity index (χ0n) is 9.62. The zero-order chi connectivity index (χ0) is 12.5. The van der Waals surface area contributed by atoms with Crippen molar-refractivity contribution in [1.82, 2.24) is 15.2 Å². The lowest BCUT2D eigenvalue weighted by atomic mass is 10.3. The topological polar surface area (TPSA) is 89.9 Å². The monoisotopic (exact) mass is 261 g/mol. The summed E-state index contributed by atoms with van der Waals surface area (Å²) in [6.07, 6.45) is 0. The maximum Gasteiger partial charge on any atom is 0.320 e. The Balaban J connectivity index is 1.86. The van der Waals surface area contributed by atoms with E-state index in [1.807, 2.05) is 23.7 Å². The molecule has 1 atom stereocenters. The molecule has 2 aromatic heterocycles. The lowest BCUT2D eigenvalue weighted by Crippen LogP contribution is -2.04. The fourth-order valence-corrected chi connectivity index (χ4v) is 2.24. The Bertz CT molecular complexity index is 675. The number of nitrogens with zero attached hydrogens (tertiary/aromatic N) is 3. The molecule has 7 heteroatoms. The van der Waals surface area contributed by atoms with Gasteiger partial charge in [-0.15, -0.1) is 16.4 Å². The van der Waals surface area contributed by atoms with Gasteiger partial charge in [0.05, 0.1) is 21.8 Å². The normalized spacial score (nSPS) is 12.8. The average Bonchev–Trinajstić information content (AvgIpc) is 2.96. The molecule has 6 nitrogen and oxygen atoms in total. The second kappa shape index (κ2) is 4.35. The Morgan fingerprint density at radius 1 is 1.39 bits per heavy atom. The van der Waals surface area contributed by atoms with Crippen molar-refractivity contribution in [2.24, 2.45) is 5.73 Å². The molecule has 18 heavy (non-hydrogen) atoms. The Kier molecular flexibility index (Phi) is 2.69. The molecule has 3 N–H and O–H groups in total. The number of nitrogens with two attached hydrogens (primary N) is 1. The largest absolute Gasteiger partial charge is 0.406 e. The molecule has 0 spiro atoms. The zero-order valence-corrected chi connectivity index (χ0v) is 10.4. The van der Waals surface area contributed by atoms with Crippen LogP contribution in [-0.2, 0) is 0 Å². The van der Waals surface area contributed by atoms with E-state index >= 15 is 0 Å². The van der Waals surface area contributed by atoms with E-state index < -0.39 is 0 Å². The van der Waals surface area contributed by atoms with E-state index in [9.17, 15) is 0 Å². The van der Waals surface area contributed by atoms with Crippen LogP contribution in [0.25, 0.3) is 10.2 Å². The molecular weight excluding hydrogens is 250 g/mol. The van der Waals surface area contributed by atoms with Crippen LogP contribution in [0.1, 0.15) is 18.9 Å². The number of thiazole rings is 1. The van der Waals surface area contributed by atoms with Gasteiger partial charge in [0.2, 0.25) is 5.89 Å². The van der Waals surface area contributed by atoms with E-state index in [1.165, 1.54) is 0 Å². The summed E-state index contributed by atoms with van der Waals surface area (Å²) in [7, 11) is 0. The van der Waals surface area contributed by atoms with Crippen LogP contribution in [0.4, 0.5) is 11.7 Å². The third-order valence-electron chi connectivity index (χ3n) is 2.41. The number of fused-ring (bicyclic) bond motifs is 1. The average molecular weight is 261 g/mol. The van der Waals surface area contributed by atoms with Crippen LogP contribution in [0.15, 0.2) is 28.1 Å². The number of hydrogen-bond donors (Lipinski definition) is 2. The van der Waals surface area contributed by atoms with Crippen molar-refractivity contribution in [2.75, 3.05) is 5.32 Å². The van der Waals surface area contributed by atoms with Gasteiger partial charge in [0, 0.05) is 5.69 Å². The molecule has 0 saturated carbocycles. The predicted molar refractivity (Wildman–Crippen MR) is 69.8 cm³/mol. The van der Waals surface area contributed by atoms with E-state index in [0.717, 1.165) is 15.9 Å². The lowest BCUT2D eigenvalue weighted by Gasteiger charge is -2.00. The molecule has 0 amide bonds. The molecule has 3 rings (SSSR count). The molecule has 2 heterocycles. The first-order valence-corrected chi connectivity index (χ1v) is 6.29. The molecule has 1 unspecified atom stereocenters. The van der Waals surface area contributed by atoms with Gasteiger partial charge in [0.25, 0.3) is 0 Å². The number of hydrogen-bond acceptors (Lipinski definition) is 7. The summed E-state index contributed by atoms with van der Waals surface area (Å²) >= 11 is 1.58. The fourth-order valence-electron chi connectivity index (χ4n) is 1.53. The van der Waals surface area contributed by atoms with E-state index in [4.69, 9.17) is 10.2 Å². The second-order valence-electron chi connectivity index (χ2n) is 3.89. The van der Waals surface area contributed by atoms with Crippen molar-refractivity contribution in [1.29, 1.82) is 0 Å². The van der Waals surface area contributed by atoms with Crippen molar-refractivity contribution in [2.45, 2.75) is 13.0 Å². The summed E-state index contributed by atoms with van der Waals surface area (Å²) in [5, 5.41) is 10.8. The van der Waals surface area contributed by atoms with Gasteiger partial charge in [-0.1, -0.05) is 5.10 Å². The summed E-state index contributed by atoms with van der Waals surface area (Å²) < 4.78 is 6.48. The Labute approximate surface area is 107 Å². The quantitative estimate of drug-likeness (QED) is 0.752. The molecular formula is C11H11N5OS. The van der Waals surface area contributed by atoms with Crippen molar-refractivity contribution in [3.05, 3.63) is 29.6 Å². The standard InChI is InChI=1S/C11H11N5OS/c1-6(12)10-15-16-11(17-10)14-7-2-3-8-9(4-7)18-5-13-8/h2-6H,12H2,1H3,(H,14,16). The van der Waals surface area contributed by atoms with Crippen LogP contribution in [0.5, 0.6) is 0 Å². The van der Waals surface area contributed by atoms with Crippen LogP contribution in [0.3, 0.4) is 0 Å². The Morgan fingerprint density at radius 2 is 2.28 bits per heavy atom. The van der Waals surface area contributed by atoms with Crippen LogP contribution < -0.4 is 11.1 Å². The SMILES string of the molecule is CC(N)c1nnc(Nc2ccc3ncsc3c2)o1. The molecule has 0 aliphatic carbocycles. The number of benzene rings is 1. The molecule has 0 bridgehead atoms. The highest BCUT2D eigenvalue weighted by atomic mass is 32.1. The molecule has 0 saturated heterocycles. The summed E-state index contributed by atoms with van der Waals surface area (Å²) in [4.78, 5) is 4.22. The van der Waals surface area contributed by atoms with Gasteiger partial charge in [-0.3, -0.25) is 0 Å². The molecule has 0 radical (unpaired) electrons. The molecule has 0 aliphatic heterocycles. The van der Waals surface area contributed by atoms with Crippen LogP contribution >= 0.6 is 11.3 Å². The van der Waals surface area contributed by atoms with Gasteiger partial charge in [0.1, 0.15) is 0 Å². The van der Waals surface area contributed by atoms with Gasteiger partial charge in [-0.2, -0.15) is 0 Å². The summed E-state index contributed by atoms with van der Waals surface area (Å²) in [6.45, 7) is 1.79. The third kappa shape index (κ3) is 2.05. The number of aromatic nitrogens is 3. The minimum Gasteiger partial charge on any atom is -0.406 e. The molecule has 3 aromatic rings. The van der Waals surface area contributed by atoms with E-state index in [1.54, 1.807) is 18.3 Å². The summed E-state index contributed by atoms with van der Waals surface area (Å²) in [6, 6.07) is 5.92. The van der Waals surface area contributed by atoms with Gasteiger partial charge in [-0.05, 0) is 25.1 Å². The van der Waals surface area contributed by atoms with Crippen molar-refractivity contribution in [3.8, 4) is 0 Å². The van der Waals surface area contributed by atoms with E-state index in [-0.39, 0.29) is 6.04 Å². The van der Waals surface area contributed by atoms with Gasteiger partial charge in [0.15, 0.2) is 0 Å². The highest BCUT2D eigenvalue weighted by Crippen LogP contribution is 2.24. The molecule has 0 aliphatic rings. The van der Waals surface area contributed by atoms with Crippen molar-refractivity contribution >= 4 is 33.3 Å². The van der Waals surface area contributed by atoms with Crippen molar-refractivity contribution < 1.29 is 4.42 Å².